The van der Waals surface area contributed by atoms with Crippen molar-refractivity contribution < 1.29 is 9.84 Å². The van der Waals surface area contributed by atoms with Crippen LogP contribution in [0.15, 0.2) is 0 Å². The van der Waals surface area contributed by atoms with Crippen molar-refractivity contribution >= 4 is 0 Å². The smallest absolute Gasteiger partial charge is 0.0572 e. The minimum absolute atomic E-state index is 0.368. The summed E-state index contributed by atoms with van der Waals surface area (Å²) >= 11 is 0. The number of aliphatic hydroxyl groups is 1. The van der Waals surface area contributed by atoms with Gasteiger partial charge in [-0.2, -0.15) is 0 Å². The molecule has 0 heterocycles. The highest BCUT2D eigenvalue weighted by atomic mass is 16.5. The summed E-state index contributed by atoms with van der Waals surface area (Å²) in [7, 11) is 0. The average Bonchev–Trinajstić information content (AvgIpc) is 2.66. The van der Waals surface area contributed by atoms with E-state index in [0.717, 1.165) is 13.0 Å². The van der Waals surface area contributed by atoms with Gasteiger partial charge < -0.3 is 9.84 Å². The van der Waals surface area contributed by atoms with Gasteiger partial charge in [-0.25, -0.2) is 0 Å². The maximum absolute atomic E-state index is 8.73. The standard InChI is InChI=1S/C24H50O2/c1-3-5-23-26-24(4-2)21-19-17-15-13-11-9-7-6-8-10-12-14-16-18-20-22-25/h24-25H,3-23H2,1-2H3. The summed E-state index contributed by atoms with van der Waals surface area (Å²) in [5.41, 5.74) is 0. The van der Waals surface area contributed by atoms with Gasteiger partial charge in [0, 0.05) is 13.2 Å². The third-order valence-electron chi connectivity index (χ3n) is 5.49. The Kier molecular flexibility index (Phi) is 22.9. The molecule has 0 aromatic rings. The lowest BCUT2D eigenvalue weighted by Crippen LogP contribution is -2.12. The maximum atomic E-state index is 8.73. The van der Waals surface area contributed by atoms with Crippen molar-refractivity contribution in [2.24, 2.45) is 0 Å². The lowest BCUT2D eigenvalue weighted by Gasteiger charge is -2.15. The molecule has 0 amide bonds. The summed E-state index contributed by atoms with van der Waals surface area (Å²) in [6, 6.07) is 0. The highest BCUT2D eigenvalue weighted by Crippen LogP contribution is 2.15. The topological polar surface area (TPSA) is 29.5 Å². The summed E-state index contributed by atoms with van der Waals surface area (Å²) in [6.07, 6.45) is 25.8. The maximum Gasteiger partial charge on any atom is 0.0572 e. The fourth-order valence-electron chi connectivity index (χ4n) is 3.58. The van der Waals surface area contributed by atoms with E-state index in [1.807, 2.05) is 0 Å². The van der Waals surface area contributed by atoms with E-state index in [9.17, 15) is 0 Å². The molecule has 2 heteroatoms. The summed E-state index contributed by atoms with van der Waals surface area (Å²) in [5, 5.41) is 8.73. The first-order chi connectivity index (χ1) is 12.8. The molecular formula is C24H50O2. The average molecular weight is 371 g/mol. The second kappa shape index (κ2) is 23.0. The molecule has 0 spiro atoms. The van der Waals surface area contributed by atoms with Gasteiger partial charge in [0.25, 0.3) is 0 Å². The number of aliphatic hydroxyl groups excluding tert-OH is 1. The Morgan fingerprint density at radius 2 is 1.00 bits per heavy atom. The van der Waals surface area contributed by atoms with Crippen LogP contribution in [0.2, 0.25) is 0 Å². The lowest BCUT2D eigenvalue weighted by atomic mass is 10.0. The zero-order valence-electron chi connectivity index (χ0n) is 18.3. The van der Waals surface area contributed by atoms with Crippen LogP contribution in [-0.4, -0.2) is 24.4 Å². The van der Waals surface area contributed by atoms with Crippen molar-refractivity contribution in [3.8, 4) is 0 Å². The molecule has 1 atom stereocenters. The second-order valence-electron chi connectivity index (χ2n) is 8.07. The quantitative estimate of drug-likeness (QED) is 0.197. The van der Waals surface area contributed by atoms with Crippen LogP contribution in [0.4, 0.5) is 0 Å². The summed E-state index contributed by atoms with van der Waals surface area (Å²) in [5.74, 6) is 0. The van der Waals surface area contributed by atoms with Gasteiger partial charge in [0.05, 0.1) is 6.10 Å². The molecule has 158 valence electrons. The van der Waals surface area contributed by atoms with Crippen LogP contribution in [0.1, 0.15) is 136 Å². The molecule has 0 aliphatic rings. The fourth-order valence-corrected chi connectivity index (χ4v) is 3.58. The number of ether oxygens (including phenoxy) is 1. The minimum Gasteiger partial charge on any atom is -0.396 e. The molecule has 1 unspecified atom stereocenters. The van der Waals surface area contributed by atoms with E-state index in [4.69, 9.17) is 9.84 Å². The van der Waals surface area contributed by atoms with Crippen molar-refractivity contribution in [3.63, 3.8) is 0 Å². The third-order valence-corrected chi connectivity index (χ3v) is 5.49. The first-order valence-corrected chi connectivity index (χ1v) is 12.1. The van der Waals surface area contributed by atoms with Crippen molar-refractivity contribution in [1.82, 2.24) is 0 Å². The van der Waals surface area contributed by atoms with Crippen molar-refractivity contribution in [2.75, 3.05) is 13.2 Å². The first-order valence-electron chi connectivity index (χ1n) is 12.1. The Balaban J connectivity index is 3.14. The van der Waals surface area contributed by atoms with Crippen LogP contribution < -0.4 is 0 Å². The van der Waals surface area contributed by atoms with Crippen molar-refractivity contribution in [2.45, 2.75) is 142 Å². The van der Waals surface area contributed by atoms with Crippen LogP contribution in [0.3, 0.4) is 0 Å². The lowest BCUT2D eigenvalue weighted by molar-refractivity contribution is 0.0414. The number of unbranched alkanes of at least 4 members (excludes halogenated alkanes) is 15. The summed E-state index contributed by atoms with van der Waals surface area (Å²) in [6.45, 7) is 5.81. The van der Waals surface area contributed by atoms with Crippen LogP contribution in [0.5, 0.6) is 0 Å². The van der Waals surface area contributed by atoms with Crippen LogP contribution in [-0.2, 0) is 4.74 Å². The molecule has 2 nitrogen and oxygen atoms in total. The van der Waals surface area contributed by atoms with Gasteiger partial charge >= 0.3 is 0 Å². The van der Waals surface area contributed by atoms with Gasteiger partial charge in [-0.05, 0) is 25.7 Å². The molecule has 0 aliphatic heterocycles. The summed E-state index contributed by atoms with van der Waals surface area (Å²) < 4.78 is 5.95. The van der Waals surface area contributed by atoms with E-state index < -0.39 is 0 Å². The predicted octanol–water partition coefficient (Wildman–Crippen LogP) is 7.82. The van der Waals surface area contributed by atoms with Gasteiger partial charge in [0.2, 0.25) is 0 Å². The first kappa shape index (κ1) is 25.9. The van der Waals surface area contributed by atoms with Gasteiger partial charge in [0.1, 0.15) is 0 Å². The molecule has 1 N–H and O–H groups in total. The zero-order valence-corrected chi connectivity index (χ0v) is 18.3. The van der Waals surface area contributed by atoms with Gasteiger partial charge in [0.15, 0.2) is 0 Å². The van der Waals surface area contributed by atoms with Gasteiger partial charge in [-0.1, -0.05) is 110 Å². The van der Waals surface area contributed by atoms with E-state index in [-0.39, 0.29) is 0 Å². The highest BCUT2D eigenvalue weighted by molar-refractivity contribution is 4.57. The van der Waals surface area contributed by atoms with E-state index in [2.05, 4.69) is 13.8 Å². The second-order valence-corrected chi connectivity index (χ2v) is 8.07. The number of rotatable bonds is 22. The summed E-state index contributed by atoms with van der Waals surface area (Å²) in [4.78, 5) is 0. The normalized spacial score (nSPS) is 12.6. The van der Waals surface area contributed by atoms with Crippen molar-refractivity contribution in [1.29, 1.82) is 0 Å². The third kappa shape index (κ3) is 20.2. The highest BCUT2D eigenvalue weighted by Gasteiger charge is 2.05. The van der Waals surface area contributed by atoms with E-state index in [0.29, 0.717) is 12.7 Å². The molecule has 0 saturated carbocycles. The molecule has 0 radical (unpaired) electrons. The number of hydrogen-bond acceptors (Lipinski definition) is 2. The van der Waals surface area contributed by atoms with Crippen LogP contribution >= 0.6 is 0 Å². The largest absolute Gasteiger partial charge is 0.396 e. The molecular weight excluding hydrogens is 320 g/mol. The molecule has 0 fully saturated rings. The molecule has 0 rings (SSSR count). The molecule has 0 bridgehead atoms. The van der Waals surface area contributed by atoms with Crippen LogP contribution in [0, 0.1) is 0 Å². The Bertz CT molecular complexity index is 242. The van der Waals surface area contributed by atoms with Gasteiger partial charge in [-0.3, -0.25) is 0 Å². The zero-order chi connectivity index (χ0) is 19.1. The Hall–Kier alpha value is -0.0800. The fraction of sp³-hybridized carbons (Fsp3) is 1.00. The molecule has 0 saturated heterocycles. The Morgan fingerprint density at radius 1 is 0.577 bits per heavy atom. The Morgan fingerprint density at radius 3 is 1.38 bits per heavy atom. The van der Waals surface area contributed by atoms with Crippen molar-refractivity contribution in [3.05, 3.63) is 0 Å². The monoisotopic (exact) mass is 370 g/mol. The molecule has 0 aromatic heterocycles. The molecule has 0 aromatic carbocycles. The minimum atomic E-state index is 0.368. The molecule has 0 aliphatic carbocycles. The van der Waals surface area contributed by atoms with Gasteiger partial charge in [-0.15, -0.1) is 0 Å². The Labute approximate surface area is 165 Å². The van der Waals surface area contributed by atoms with E-state index >= 15 is 0 Å². The molecule has 26 heavy (non-hydrogen) atoms. The SMILES string of the molecule is CCCCOC(CC)CCCCCCCCCCCCCCCCCO. The van der Waals surface area contributed by atoms with E-state index in [1.54, 1.807) is 0 Å². The number of hydrogen-bond donors (Lipinski definition) is 1. The van der Waals surface area contributed by atoms with E-state index in [1.165, 1.54) is 116 Å². The predicted molar refractivity (Wildman–Crippen MR) is 116 cm³/mol. The van der Waals surface area contributed by atoms with Crippen LogP contribution in [0.25, 0.3) is 0 Å².